The molecule has 0 saturated heterocycles. The highest BCUT2D eigenvalue weighted by molar-refractivity contribution is 6.07. The van der Waals surface area contributed by atoms with Crippen LogP contribution < -0.4 is 10.1 Å². The number of hydrogen-bond donors (Lipinski definition) is 1. The average molecular weight is 293 g/mol. The summed E-state index contributed by atoms with van der Waals surface area (Å²) >= 11 is 0. The zero-order valence-electron chi connectivity index (χ0n) is 12.1. The number of imidazole rings is 1. The van der Waals surface area contributed by atoms with Crippen LogP contribution in [0.2, 0.25) is 0 Å². The third-order valence-electron chi connectivity index (χ3n) is 3.29. The van der Waals surface area contributed by atoms with Gasteiger partial charge in [0.15, 0.2) is 0 Å². The van der Waals surface area contributed by atoms with Gasteiger partial charge < -0.3 is 14.6 Å². The second kappa shape index (κ2) is 6.13. The van der Waals surface area contributed by atoms with Crippen LogP contribution in [0.1, 0.15) is 10.4 Å². The van der Waals surface area contributed by atoms with Crippen molar-refractivity contribution in [2.45, 2.75) is 0 Å². The summed E-state index contributed by atoms with van der Waals surface area (Å²) in [5.41, 5.74) is 2.05. The lowest BCUT2D eigenvalue weighted by molar-refractivity contribution is 0.102. The molecule has 3 rings (SSSR count). The summed E-state index contributed by atoms with van der Waals surface area (Å²) in [6.45, 7) is 0. The molecule has 110 valence electrons. The van der Waals surface area contributed by atoms with Crippen molar-refractivity contribution in [3.63, 3.8) is 0 Å². The van der Waals surface area contributed by atoms with Gasteiger partial charge in [0.05, 0.1) is 30.4 Å². The lowest BCUT2D eigenvalue weighted by atomic mass is 10.1. The van der Waals surface area contributed by atoms with Gasteiger partial charge in [0, 0.05) is 12.4 Å². The summed E-state index contributed by atoms with van der Waals surface area (Å²) < 4.78 is 7.08. The van der Waals surface area contributed by atoms with E-state index in [-0.39, 0.29) is 5.91 Å². The molecule has 0 unspecified atom stereocenters. The number of para-hydroxylation sites is 3. The Morgan fingerprint density at radius 1 is 1.14 bits per heavy atom. The third kappa shape index (κ3) is 2.69. The van der Waals surface area contributed by atoms with Gasteiger partial charge in [0.2, 0.25) is 0 Å². The summed E-state index contributed by atoms with van der Waals surface area (Å²) in [6, 6.07) is 14.7. The van der Waals surface area contributed by atoms with Crippen molar-refractivity contribution in [2.24, 2.45) is 0 Å². The monoisotopic (exact) mass is 293 g/mol. The molecule has 1 aromatic heterocycles. The van der Waals surface area contributed by atoms with Crippen LogP contribution in [0.4, 0.5) is 5.69 Å². The predicted molar refractivity (Wildman–Crippen MR) is 84.5 cm³/mol. The van der Waals surface area contributed by atoms with Crippen LogP contribution in [-0.2, 0) is 0 Å². The summed E-state index contributed by atoms with van der Waals surface area (Å²) in [4.78, 5) is 16.5. The number of aromatic nitrogens is 2. The lowest BCUT2D eigenvalue weighted by Crippen LogP contribution is -2.14. The molecular formula is C17H15N3O2. The molecule has 0 fully saturated rings. The Bertz CT molecular complexity index is 782. The van der Waals surface area contributed by atoms with Crippen LogP contribution in [0.5, 0.6) is 5.75 Å². The van der Waals surface area contributed by atoms with Crippen molar-refractivity contribution in [3.8, 4) is 11.4 Å². The Morgan fingerprint density at radius 2 is 1.91 bits per heavy atom. The van der Waals surface area contributed by atoms with Crippen molar-refractivity contribution in [3.05, 3.63) is 72.8 Å². The second-order valence-corrected chi connectivity index (χ2v) is 4.64. The number of anilines is 1. The van der Waals surface area contributed by atoms with Gasteiger partial charge in [-0.3, -0.25) is 4.79 Å². The second-order valence-electron chi connectivity index (χ2n) is 4.64. The number of nitrogens with one attached hydrogen (secondary N) is 1. The highest BCUT2D eigenvalue weighted by Crippen LogP contribution is 2.23. The molecule has 0 saturated carbocycles. The molecule has 1 N–H and O–H groups in total. The number of methoxy groups -OCH3 is 1. The van der Waals surface area contributed by atoms with Gasteiger partial charge in [-0.25, -0.2) is 4.98 Å². The molecule has 0 bridgehead atoms. The summed E-state index contributed by atoms with van der Waals surface area (Å²) in [5.74, 6) is 0.324. The largest absolute Gasteiger partial charge is 0.496 e. The van der Waals surface area contributed by atoms with E-state index < -0.39 is 0 Å². The molecule has 0 aliphatic heterocycles. The normalized spacial score (nSPS) is 10.2. The number of amides is 1. The molecule has 22 heavy (non-hydrogen) atoms. The zero-order chi connectivity index (χ0) is 15.4. The lowest BCUT2D eigenvalue weighted by Gasteiger charge is -2.13. The number of benzene rings is 2. The molecule has 5 nitrogen and oxygen atoms in total. The van der Waals surface area contributed by atoms with Crippen molar-refractivity contribution < 1.29 is 9.53 Å². The summed E-state index contributed by atoms with van der Waals surface area (Å²) in [5, 5.41) is 2.92. The van der Waals surface area contributed by atoms with E-state index in [9.17, 15) is 4.79 Å². The van der Waals surface area contributed by atoms with Gasteiger partial charge in [-0.2, -0.15) is 0 Å². The van der Waals surface area contributed by atoms with Gasteiger partial charge in [-0.15, -0.1) is 0 Å². The van der Waals surface area contributed by atoms with Crippen LogP contribution >= 0.6 is 0 Å². The number of carbonyl (C=O) groups is 1. The molecule has 0 spiro atoms. The molecule has 0 atom stereocenters. The zero-order valence-corrected chi connectivity index (χ0v) is 12.1. The van der Waals surface area contributed by atoms with E-state index in [0.29, 0.717) is 17.0 Å². The number of ether oxygens (including phenoxy) is 1. The molecule has 5 heteroatoms. The highest BCUT2D eigenvalue weighted by atomic mass is 16.5. The van der Waals surface area contributed by atoms with Crippen molar-refractivity contribution in [1.82, 2.24) is 9.55 Å². The van der Waals surface area contributed by atoms with E-state index in [1.807, 2.05) is 41.1 Å². The first-order valence-corrected chi connectivity index (χ1v) is 6.81. The molecule has 2 aromatic carbocycles. The van der Waals surface area contributed by atoms with E-state index in [4.69, 9.17) is 4.74 Å². The first-order chi connectivity index (χ1) is 10.8. The Hall–Kier alpha value is -3.08. The van der Waals surface area contributed by atoms with Crippen LogP contribution in [0.3, 0.4) is 0 Å². The number of carbonyl (C=O) groups excluding carboxylic acids is 1. The molecule has 0 aliphatic rings. The highest BCUT2D eigenvalue weighted by Gasteiger charge is 2.13. The molecule has 1 amide bonds. The fraction of sp³-hybridized carbons (Fsp3) is 0.0588. The first kappa shape index (κ1) is 13.9. The minimum Gasteiger partial charge on any atom is -0.496 e. The maximum absolute atomic E-state index is 12.5. The predicted octanol–water partition coefficient (Wildman–Crippen LogP) is 3.13. The van der Waals surface area contributed by atoms with E-state index in [2.05, 4.69) is 10.3 Å². The Morgan fingerprint density at radius 3 is 2.68 bits per heavy atom. The maximum Gasteiger partial charge on any atom is 0.259 e. The van der Waals surface area contributed by atoms with Crippen molar-refractivity contribution >= 4 is 11.6 Å². The smallest absolute Gasteiger partial charge is 0.259 e. The Balaban J connectivity index is 1.92. The molecule has 1 heterocycles. The van der Waals surface area contributed by atoms with Gasteiger partial charge in [-0.05, 0) is 24.3 Å². The molecular weight excluding hydrogens is 278 g/mol. The summed E-state index contributed by atoms with van der Waals surface area (Å²) in [6.07, 6.45) is 5.21. The van der Waals surface area contributed by atoms with Crippen LogP contribution in [0.15, 0.2) is 67.3 Å². The number of nitrogens with zero attached hydrogens (tertiary/aromatic N) is 2. The molecule has 0 radical (unpaired) electrons. The van der Waals surface area contributed by atoms with Gasteiger partial charge >= 0.3 is 0 Å². The molecule has 0 aliphatic carbocycles. The van der Waals surface area contributed by atoms with E-state index in [1.54, 1.807) is 37.8 Å². The Labute approximate surface area is 128 Å². The number of rotatable bonds is 4. The van der Waals surface area contributed by atoms with Gasteiger partial charge in [0.25, 0.3) is 5.91 Å². The van der Waals surface area contributed by atoms with Gasteiger partial charge in [0.1, 0.15) is 5.75 Å². The van der Waals surface area contributed by atoms with Crippen molar-refractivity contribution in [2.75, 3.05) is 12.4 Å². The fourth-order valence-corrected chi connectivity index (χ4v) is 2.23. The maximum atomic E-state index is 12.5. The average Bonchev–Trinajstić information content (AvgIpc) is 3.09. The van der Waals surface area contributed by atoms with Crippen molar-refractivity contribution in [1.29, 1.82) is 0 Å². The Kier molecular flexibility index (Phi) is 3.87. The fourth-order valence-electron chi connectivity index (χ4n) is 2.23. The van der Waals surface area contributed by atoms with Crippen LogP contribution in [-0.4, -0.2) is 22.6 Å². The quantitative estimate of drug-likeness (QED) is 0.804. The van der Waals surface area contributed by atoms with E-state index >= 15 is 0 Å². The van der Waals surface area contributed by atoms with E-state index in [0.717, 1.165) is 5.69 Å². The minimum atomic E-state index is -0.218. The topological polar surface area (TPSA) is 56.1 Å². The summed E-state index contributed by atoms with van der Waals surface area (Å²) in [7, 11) is 1.55. The molecule has 3 aromatic rings. The van der Waals surface area contributed by atoms with Gasteiger partial charge in [-0.1, -0.05) is 24.3 Å². The van der Waals surface area contributed by atoms with E-state index in [1.165, 1.54) is 0 Å². The first-order valence-electron chi connectivity index (χ1n) is 6.81. The van der Waals surface area contributed by atoms with Crippen LogP contribution in [0, 0.1) is 0 Å². The third-order valence-corrected chi connectivity index (χ3v) is 3.29. The SMILES string of the molecule is COc1ccccc1C(=O)Nc1ccccc1-n1ccnc1. The standard InChI is InChI=1S/C17H15N3O2/c1-22-16-9-5-2-6-13(16)17(21)19-14-7-3-4-8-15(14)20-11-10-18-12-20/h2-12H,1H3,(H,19,21). The minimum absolute atomic E-state index is 0.218. The van der Waals surface area contributed by atoms with Crippen LogP contribution in [0.25, 0.3) is 5.69 Å². The number of hydrogen-bond acceptors (Lipinski definition) is 3.